The van der Waals surface area contributed by atoms with Gasteiger partial charge < -0.3 is 20.7 Å². The zero-order chi connectivity index (χ0) is 17.9. The van der Waals surface area contributed by atoms with Gasteiger partial charge in [-0.3, -0.25) is 0 Å². The molecule has 25 heavy (non-hydrogen) atoms. The third-order valence-corrected chi connectivity index (χ3v) is 3.85. The Bertz CT molecular complexity index is 283. The van der Waals surface area contributed by atoms with E-state index in [1.54, 1.807) is 0 Å². The molecule has 6 heteroatoms. The quantitative estimate of drug-likeness (QED) is 0.276. The molecule has 0 rings (SSSR count). The molecule has 0 aromatic carbocycles. The van der Waals surface area contributed by atoms with Crippen LogP contribution in [0.2, 0.25) is 0 Å². The van der Waals surface area contributed by atoms with E-state index in [9.17, 15) is 4.79 Å². The zero-order valence-electron chi connectivity index (χ0n) is 17.8. The Morgan fingerprint density at radius 3 is 1.96 bits per heavy atom. The molecule has 0 aliphatic carbocycles. The monoisotopic (exact) mass is 370 g/mol. The van der Waals surface area contributed by atoms with E-state index in [1.165, 1.54) is 57.8 Å². The van der Waals surface area contributed by atoms with Crippen LogP contribution in [0.5, 0.6) is 0 Å². The third kappa shape index (κ3) is 24.4. The van der Waals surface area contributed by atoms with Crippen LogP contribution >= 0.6 is 0 Å². The summed E-state index contributed by atoms with van der Waals surface area (Å²) >= 11 is 0. The van der Waals surface area contributed by atoms with Gasteiger partial charge in [-0.2, -0.15) is 0 Å². The van der Waals surface area contributed by atoms with Crippen LogP contribution in [0.25, 0.3) is 0 Å². The van der Waals surface area contributed by atoms with Crippen LogP contribution in [-0.2, 0) is 19.0 Å². The second-order valence-electron chi connectivity index (χ2n) is 6.38. The van der Waals surface area contributed by atoms with Crippen LogP contribution in [0.4, 0.5) is 0 Å². The summed E-state index contributed by atoms with van der Waals surface area (Å²) in [6.45, 7) is 6.00. The number of carbonyl (C=O) groups is 1. The van der Waals surface area contributed by atoms with Crippen molar-refractivity contribution in [2.24, 2.45) is 0 Å². The van der Waals surface area contributed by atoms with E-state index in [-0.39, 0.29) is 43.7 Å². The topological polar surface area (TPSA) is 65.0 Å². The minimum atomic E-state index is -0.955. The van der Waals surface area contributed by atoms with E-state index in [0.717, 1.165) is 13.0 Å². The summed E-state index contributed by atoms with van der Waals surface area (Å²) in [6, 6.07) is 0. The summed E-state index contributed by atoms with van der Waals surface area (Å²) in [4.78, 5) is 10.2. The Morgan fingerprint density at radius 2 is 1.40 bits per heavy atom. The van der Waals surface area contributed by atoms with E-state index in [2.05, 4.69) is 6.92 Å². The minimum Gasteiger partial charge on any atom is -1.00 e. The molecule has 0 aliphatic heterocycles. The molecule has 0 aromatic heterocycles. The van der Waals surface area contributed by atoms with Gasteiger partial charge in [-0.15, -0.1) is 0 Å². The molecule has 5 nitrogen and oxygen atoms in total. The summed E-state index contributed by atoms with van der Waals surface area (Å²) < 4.78 is 16.0. The number of unbranched alkanes of at least 4 members (excludes halogenated alkanes) is 9. The van der Waals surface area contributed by atoms with Gasteiger partial charge in [-0.25, -0.2) is 4.79 Å². The van der Waals surface area contributed by atoms with Crippen molar-refractivity contribution in [3.8, 4) is 0 Å². The van der Waals surface area contributed by atoms with E-state index in [0.29, 0.717) is 19.8 Å². The fourth-order valence-electron chi connectivity index (χ4n) is 2.45. The van der Waals surface area contributed by atoms with Crippen molar-refractivity contribution in [3.63, 3.8) is 0 Å². The molecular weight excluding hydrogens is 331 g/mol. The number of hydrogen-bond donors (Lipinski definition) is 1. The summed E-state index contributed by atoms with van der Waals surface area (Å²) in [5.74, 6) is -0.955. The average Bonchev–Trinajstić information content (AvgIpc) is 2.55. The van der Waals surface area contributed by atoms with E-state index >= 15 is 0 Å². The van der Waals surface area contributed by atoms with Gasteiger partial charge in [0.15, 0.2) is 0 Å². The van der Waals surface area contributed by atoms with Crippen molar-refractivity contribution in [2.75, 3.05) is 33.0 Å². The predicted octanol–water partition coefficient (Wildman–Crippen LogP) is 1.55. The molecule has 1 atom stereocenters. The van der Waals surface area contributed by atoms with Crippen LogP contribution in [-0.4, -0.2) is 50.2 Å². The van der Waals surface area contributed by atoms with Crippen molar-refractivity contribution in [1.29, 1.82) is 0 Å². The molecule has 0 fully saturated rings. The minimum absolute atomic E-state index is 0. The normalized spacial score (nSPS) is 11.9. The Labute approximate surface area is 178 Å². The first kappa shape index (κ1) is 27.6. The molecule has 0 saturated heterocycles. The maximum atomic E-state index is 10.2. The number of ether oxygens (including phenoxy) is 3. The van der Waals surface area contributed by atoms with Crippen molar-refractivity contribution < 1.29 is 55.1 Å². The van der Waals surface area contributed by atoms with Crippen LogP contribution < -0.4 is 29.6 Å². The third-order valence-electron chi connectivity index (χ3n) is 3.85. The molecule has 146 valence electrons. The van der Waals surface area contributed by atoms with Crippen molar-refractivity contribution in [2.45, 2.75) is 84.2 Å². The standard InChI is InChI=1S/C19H38O5.Na.H/c1-3-4-5-6-7-8-9-10-11-12-13-24-18(2)16-22-14-15-23-17-19(20)21;;/h18H,3-17H2,1-2H3,(H,20,21);;/q;+1;-1. The second-order valence-corrected chi connectivity index (χ2v) is 6.38. The van der Waals surface area contributed by atoms with Crippen LogP contribution in [0.15, 0.2) is 0 Å². The molecule has 0 aliphatic rings. The molecule has 0 bridgehead atoms. The van der Waals surface area contributed by atoms with Crippen molar-refractivity contribution in [1.82, 2.24) is 0 Å². The molecule has 1 N–H and O–H groups in total. The van der Waals surface area contributed by atoms with Gasteiger partial charge in [-0.05, 0) is 13.3 Å². The molecule has 0 aromatic rings. The first-order valence-electron chi connectivity index (χ1n) is 9.65. The summed E-state index contributed by atoms with van der Waals surface area (Å²) in [5.41, 5.74) is 0. The van der Waals surface area contributed by atoms with Gasteiger partial charge in [0, 0.05) is 6.61 Å². The average molecular weight is 371 g/mol. The fraction of sp³-hybridized carbons (Fsp3) is 0.947. The number of carboxylic acid groups (broad SMARTS) is 1. The molecule has 0 spiro atoms. The molecule has 0 amide bonds. The maximum absolute atomic E-state index is 10.2. The van der Waals surface area contributed by atoms with Gasteiger partial charge in [-0.1, -0.05) is 64.7 Å². The summed E-state index contributed by atoms with van der Waals surface area (Å²) in [6.07, 6.45) is 13.3. The number of rotatable bonds is 19. The van der Waals surface area contributed by atoms with Crippen LogP contribution in [0.1, 0.15) is 79.5 Å². The fourth-order valence-corrected chi connectivity index (χ4v) is 2.45. The smallest absolute Gasteiger partial charge is 1.00 e. The van der Waals surface area contributed by atoms with Gasteiger partial charge in [0.1, 0.15) is 6.61 Å². The molecule has 0 heterocycles. The van der Waals surface area contributed by atoms with E-state index in [1.807, 2.05) is 6.92 Å². The van der Waals surface area contributed by atoms with Gasteiger partial charge >= 0.3 is 35.5 Å². The molecule has 0 radical (unpaired) electrons. The SMILES string of the molecule is CCCCCCCCCCCCOC(C)COCCOCC(=O)O.[H-].[Na+]. The zero-order valence-corrected chi connectivity index (χ0v) is 18.8. The van der Waals surface area contributed by atoms with Crippen LogP contribution in [0, 0.1) is 0 Å². The van der Waals surface area contributed by atoms with Crippen LogP contribution in [0.3, 0.4) is 0 Å². The molecular formula is C19H39NaO5. The Balaban J connectivity index is -0.00000264. The van der Waals surface area contributed by atoms with E-state index < -0.39 is 5.97 Å². The predicted molar refractivity (Wildman–Crippen MR) is 97.6 cm³/mol. The van der Waals surface area contributed by atoms with Crippen molar-refractivity contribution >= 4 is 5.97 Å². The maximum Gasteiger partial charge on any atom is 1.00 e. The first-order valence-corrected chi connectivity index (χ1v) is 9.65. The Kier molecular flexibility index (Phi) is 24.7. The van der Waals surface area contributed by atoms with Gasteiger partial charge in [0.2, 0.25) is 0 Å². The van der Waals surface area contributed by atoms with Gasteiger partial charge in [0.25, 0.3) is 0 Å². The Hall–Kier alpha value is 0.350. The molecule has 1 unspecified atom stereocenters. The molecule has 0 saturated carbocycles. The Morgan fingerprint density at radius 1 is 0.880 bits per heavy atom. The summed E-state index contributed by atoms with van der Waals surface area (Å²) in [7, 11) is 0. The largest absolute Gasteiger partial charge is 1.00 e. The van der Waals surface area contributed by atoms with Gasteiger partial charge in [0.05, 0.1) is 25.9 Å². The number of carboxylic acids is 1. The number of aliphatic carboxylic acids is 1. The van der Waals surface area contributed by atoms with E-state index in [4.69, 9.17) is 19.3 Å². The van der Waals surface area contributed by atoms with Crippen molar-refractivity contribution in [3.05, 3.63) is 0 Å². The summed E-state index contributed by atoms with van der Waals surface area (Å²) in [5, 5.41) is 8.40. The number of hydrogen-bond acceptors (Lipinski definition) is 4. The second kappa shape index (κ2) is 22.4. The first-order chi connectivity index (χ1) is 11.7.